The number of carbonyl (C=O) groups excluding carboxylic acids is 3. The van der Waals surface area contributed by atoms with Crippen LogP contribution in [-0.2, 0) is 33.3 Å². The third-order valence-corrected chi connectivity index (χ3v) is 4.06. The Hall–Kier alpha value is -3.51. The summed E-state index contributed by atoms with van der Waals surface area (Å²) in [7, 11) is 0. The molecule has 0 radical (unpaired) electrons. The van der Waals surface area contributed by atoms with Crippen LogP contribution in [0.25, 0.3) is 0 Å². The van der Waals surface area contributed by atoms with Crippen molar-refractivity contribution >= 4 is 17.9 Å². The fourth-order valence-electron chi connectivity index (χ4n) is 2.46. The molecule has 186 valence electrons. The van der Waals surface area contributed by atoms with Gasteiger partial charge in [-0.25, -0.2) is 0 Å². The van der Waals surface area contributed by atoms with Gasteiger partial charge in [-0.05, 0) is 0 Å². The van der Waals surface area contributed by atoms with Crippen molar-refractivity contribution in [2.75, 3.05) is 26.2 Å². The van der Waals surface area contributed by atoms with Gasteiger partial charge in [0, 0.05) is 14.8 Å². The molecule has 1 aliphatic heterocycles. The molecule has 18 heteroatoms. The lowest BCUT2D eigenvalue weighted by Gasteiger charge is -2.41. The highest BCUT2D eigenvalue weighted by atomic mass is 16.7. The highest BCUT2D eigenvalue weighted by Gasteiger charge is 2.49. The first-order chi connectivity index (χ1) is 15.4. The number of esters is 3. The number of hydrogen-bond acceptors (Lipinski definition) is 15. The van der Waals surface area contributed by atoms with Gasteiger partial charge in [0.1, 0.15) is 44.2 Å². The number of rotatable bonds is 13. The predicted octanol–water partition coefficient (Wildman–Crippen LogP) is -2.57. The van der Waals surface area contributed by atoms with Crippen LogP contribution in [0.3, 0.4) is 0 Å². The second-order valence-electron chi connectivity index (χ2n) is 6.57. The van der Waals surface area contributed by atoms with Crippen molar-refractivity contribution in [3.8, 4) is 0 Å². The minimum atomic E-state index is -1.99. The summed E-state index contributed by atoms with van der Waals surface area (Å²) in [4.78, 5) is 63.8. The lowest BCUT2D eigenvalue weighted by molar-refractivity contribution is -0.479. The second kappa shape index (κ2) is 13.1. The molecule has 5 atom stereocenters. The smallest absolute Gasteiger partial charge is 0.314 e. The molecule has 0 amide bonds. The van der Waals surface area contributed by atoms with Gasteiger partial charge in [0.15, 0.2) is 6.10 Å². The van der Waals surface area contributed by atoms with Crippen molar-refractivity contribution in [2.24, 2.45) is 0 Å². The molecule has 0 spiro atoms. The zero-order chi connectivity index (χ0) is 25.1. The van der Waals surface area contributed by atoms with Crippen LogP contribution in [0.15, 0.2) is 0 Å². The van der Waals surface area contributed by atoms with E-state index in [1.807, 2.05) is 0 Å². The maximum Gasteiger partial charge on any atom is 0.314 e. The summed E-state index contributed by atoms with van der Waals surface area (Å²) in [5.74, 6) is -3.44. The monoisotopic (exact) mass is 483 g/mol. The average molecular weight is 483 g/mol. The first-order valence-corrected chi connectivity index (χ1v) is 9.32. The molecule has 0 aromatic heterocycles. The molecule has 0 bridgehead atoms. The molecule has 33 heavy (non-hydrogen) atoms. The van der Waals surface area contributed by atoms with E-state index >= 15 is 0 Å². The third kappa shape index (κ3) is 10.1. The molecule has 1 fully saturated rings. The molecule has 1 aliphatic rings. The van der Waals surface area contributed by atoms with Crippen LogP contribution >= 0.6 is 0 Å². The number of carbonyl (C=O) groups is 3. The minimum Gasteiger partial charge on any atom is -0.463 e. The van der Waals surface area contributed by atoms with Gasteiger partial charge in [-0.3, -0.25) is 44.7 Å². The summed E-state index contributed by atoms with van der Waals surface area (Å²) in [5, 5.41) is 51.6. The largest absolute Gasteiger partial charge is 0.463 e. The number of hydrogen-bond donors (Lipinski definition) is 2. The van der Waals surface area contributed by atoms with Crippen LogP contribution in [0.5, 0.6) is 0 Å². The Labute approximate surface area is 183 Å². The number of aliphatic hydroxyl groups excluding tert-OH is 2. The normalized spacial score (nSPS) is 24.4. The van der Waals surface area contributed by atoms with Gasteiger partial charge in [-0.1, -0.05) is 0 Å². The molecule has 1 saturated heterocycles. The highest BCUT2D eigenvalue weighted by molar-refractivity contribution is 5.71. The van der Waals surface area contributed by atoms with Crippen molar-refractivity contribution in [2.45, 2.75) is 50.0 Å². The van der Waals surface area contributed by atoms with Gasteiger partial charge in [0.25, 0.3) is 0 Å². The average Bonchev–Trinajstić information content (AvgIpc) is 2.73. The minimum absolute atomic E-state index is 0.603. The standard InChI is InChI=1S/C15H21N3O15/c19-9(1-4-16(24)25)30-7-8-12(22)13(23)14(32-10(20)2-5-17(26)27)15(31-8)33-11(21)3-6-18(28)29/h8,12-15,22-23H,1-7H2. The van der Waals surface area contributed by atoms with Crippen LogP contribution in [0.1, 0.15) is 19.3 Å². The van der Waals surface area contributed by atoms with Crippen molar-refractivity contribution in [3.05, 3.63) is 30.3 Å². The van der Waals surface area contributed by atoms with Gasteiger partial charge in [0.2, 0.25) is 25.9 Å². The molecule has 2 N–H and O–H groups in total. The number of nitro groups is 3. The predicted molar refractivity (Wildman–Crippen MR) is 97.0 cm³/mol. The Morgan fingerprint density at radius 1 is 0.758 bits per heavy atom. The van der Waals surface area contributed by atoms with E-state index in [-0.39, 0.29) is 0 Å². The number of nitrogens with zero attached hydrogens (tertiary/aromatic N) is 3. The summed E-state index contributed by atoms with van der Waals surface area (Å²) >= 11 is 0. The molecule has 1 rings (SSSR count). The quantitative estimate of drug-likeness (QED) is 0.118. The van der Waals surface area contributed by atoms with Crippen LogP contribution in [-0.4, -0.2) is 99.8 Å². The van der Waals surface area contributed by atoms with E-state index < -0.39 is 109 Å². The Kier molecular flexibility index (Phi) is 11.0. The second-order valence-corrected chi connectivity index (χ2v) is 6.57. The Morgan fingerprint density at radius 3 is 1.70 bits per heavy atom. The maximum absolute atomic E-state index is 11.8. The van der Waals surface area contributed by atoms with Gasteiger partial charge < -0.3 is 29.2 Å². The molecule has 0 aliphatic carbocycles. The van der Waals surface area contributed by atoms with Crippen molar-refractivity contribution in [3.63, 3.8) is 0 Å². The lowest BCUT2D eigenvalue weighted by atomic mass is 9.99. The van der Waals surface area contributed by atoms with E-state index in [1.54, 1.807) is 0 Å². The SMILES string of the molecule is O=C(CC[N+](=O)[O-])OCC1OC(OC(=O)CC[N+](=O)[O-])C(OC(=O)CC[N+](=O)[O-])C(O)C1O. The highest BCUT2D eigenvalue weighted by Crippen LogP contribution is 2.26. The van der Waals surface area contributed by atoms with E-state index in [1.165, 1.54) is 0 Å². The summed E-state index contributed by atoms with van der Waals surface area (Å²) in [5.41, 5.74) is 0. The molecular weight excluding hydrogens is 462 g/mol. The summed E-state index contributed by atoms with van der Waals surface area (Å²) in [6.45, 7) is -3.11. The molecule has 18 nitrogen and oxygen atoms in total. The fourth-order valence-corrected chi connectivity index (χ4v) is 2.46. The van der Waals surface area contributed by atoms with Gasteiger partial charge >= 0.3 is 17.9 Å². The van der Waals surface area contributed by atoms with Gasteiger partial charge in [-0.15, -0.1) is 0 Å². The van der Waals surface area contributed by atoms with Gasteiger partial charge in [0.05, 0.1) is 0 Å². The Bertz CT molecular complexity index is 757. The number of ether oxygens (including phenoxy) is 4. The first-order valence-electron chi connectivity index (χ1n) is 9.32. The van der Waals surface area contributed by atoms with Crippen LogP contribution < -0.4 is 0 Å². The van der Waals surface area contributed by atoms with Crippen LogP contribution in [0.4, 0.5) is 0 Å². The summed E-state index contributed by atoms with van der Waals surface area (Å²) < 4.78 is 19.6. The fraction of sp³-hybridized carbons (Fsp3) is 0.800. The van der Waals surface area contributed by atoms with E-state index in [2.05, 4.69) is 0 Å². The third-order valence-electron chi connectivity index (χ3n) is 4.06. The zero-order valence-corrected chi connectivity index (χ0v) is 16.9. The van der Waals surface area contributed by atoms with E-state index in [9.17, 15) is 54.9 Å². The maximum atomic E-state index is 11.8. The van der Waals surface area contributed by atoms with Crippen molar-refractivity contribution in [1.29, 1.82) is 0 Å². The van der Waals surface area contributed by atoms with Crippen molar-refractivity contribution in [1.82, 2.24) is 0 Å². The molecular formula is C15H21N3O15. The van der Waals surface area contributed by atoms with Gasteiger partial charge in [-0.2, -0.15) is 0 Å². The molecule has 0 aromatic carbocycles. The Balaban J connectivity index is 2.87. The lowest BCUT2D eigenvalue weighted by Crippen LogP contribution is -2.61. The Morgan fingerprint density at radius 2 is 1.21 bits per heavy atom. The summed E-state index contributed by atoms with van der Waals surface area (Å²) in [6.07, 6.45) is -11.3. The topological polar surface area (TPSA) is 258 Å². The van der Waals surface area contributed by atoms with E-state index in [4.69, 9.17) is 18.9 Å². The molecule has 1 heterocycles. The summed E-state index contributed by atoms with van der Waals surface area (Å²) in [6, 6.07) is 0. The van der Waals surface area contributed by atoms with Crippen molar-refractivity contribution < 1.29 is 58.3 Å². The van der Waals surface area contributed by atoms with E-state index in [0.29, 0.717) is 0 Å². The first kappa shape index (κ1) is 27.5. The van der Waals surface area contributed by atoms with Crippen LogP contribution in [0.2, 0.25) is 0 Å². The molecule has 5 unspecified atom stereocenters. The molecule has 0 aromatic rings. The zero-order valence-electron chi connectivity index (χ0n) is 16.9. The van der Waals surface area contributed by atoms with Crippen LogP contribution in [0, 0.1) is 30.3 Å². The molecule has 0 saturated carbocycles. The van der Waals surface area contributed by atoms with E-state index in [0.717, 1.165) is 0 Å². The number of aliphatic hydroxyl groups is 2.